The van der Waals surface area contributed by atoms with E-state index in [0.29, 0.717) is 17.6 Å². The molecule has 27 heavy (non-hydrogen) atoms. The van der Waals surface area contributed by atoms with Crippen LogP contribution in [-0.4, -0.2) is 16.8 Å². The molecule has 0 bridgehead atoms. The number of thiol groups is 1. The van der Waals surface area contributed by atoms with E-state index in [4.69, 9.17) is 4.74 Å². The minimum Gasteiger partial charge on any atom is -0.507 e. The van der Waals surface area contributed by atoms with Gasteiger partial charge in [-0.1, -0.05) is 63.6 Å². The van der Waals surface area contributed by atoms with Gasteiger partial charge in [-0.05, 0) is 38.2 Å². The number of hydrogen-bond donors (Lipinski definition) is 2. The zero-order chi connectivity index (χ0) is 20.8. The number of rotatable bonds is 6. The molecule has 0 fully saturated rings. The first-order valence-electron chi connectivity index (χ1n) is 9.40. The Balaban J connectivity index is 0.00000176. The maximum absolute atomic E-state index is 11.0. The molecule has 0 spiro atoms. The average Bonchev–Trinajstić information content (AvgIpc) is 2.64. The van der Waals surface area contributed by atoms with Crippen molar-refractivity contribution in [1.29, 1.82) is 0 Å². The smallest absolute Gasteiger partial charge is 0.298 e. The van der Waals surface area contributed by atoms with Crippen LogP contribution in [0.25, 0.3) is 10.8 Å². The van der Waals surface area contributed by atoms with E-state index in [1.165, 1.54) is 5.57 Å². The highest BCUT2D eigenvalue weighted by molar-refractivity contribution is 7.81. The molecule has 3 nitrogen and oxygen atoms in total. The molecule has 1 unspecified atom stereocenters. The van der Waals surface area contributed by atoms with E-state index >= 15 is 0 Å². The molecule has 2 aromatic carbocycles. The SMILES string of the molecule is C/C(=C\CC(C)(C)c1c(C)c(OC=O)c2ccccc2c1O)C(C)S.CC. The molecular weight excluding hydrogens is 356 g/mol. The van der Waals surface area contributed by atoms with E-state index in [0.717, 1.165) is 22.9 Å². The Hall–Kier alpha value is -1.94. The van der Waals surface area contributed by atoms with Crippen molar-refractivity contribution in [3.05, 3.63) is 47.0 Å². The van der Waals surface area contributed by atoms with Crippen LogP contribution in [-0.2, 0) is 10.2 Å². The van der Waals surface area contributed by atoms with Gasteiger partial charge in [0.05, 0.1) is 0 Å². The molecule has 0 aliphatic rings. The fraction of sp³-hybridized carbons (Fsp3) is 0.435. The minimum atomic E-state index is -0.330. The monoisotopic (exact) mass is 388 g/mol. The zero-order valence-corrected chi connectivity index (χ0v) is 18.4. The third-order valence-electron chi connectivity index (χ3n) is 4.82. The number of fused-ring (bicyclic) bond motifs is 1. The fourth-order valence-corrected chi connectivity index (χ4v) is 3.34. The molecule has 0 heterocycles. The average molecular weight is 389 g/mol. The number of benzene rings is 2. The van der Waals surface area contributed by atoms with E-state index in [1.807, 2.05) is 52.0 Å². The molecule has 0 radical (unpaired) electrons. The first-order chi connectivity index (χ1) is 12.7. The number of carbonyl (C=O) groups excluding carboxylic acids is 1. The Morgan fingerprint density at radius 1 is 1.26 bits per heavy atom. The van der Waals surface area contributed by atoms with E-state index in [-0.39, 0.29) is 16.4 Å². The van der Waals surface area contributed by atoms with Crippen LogP contribution < -0.4 is 4.74 Å². The molecule has 2 aromatic rings. The van der Waals surface area contributed by atoms with Crippen molar-refractivity contribution >= 4 is 29.9 Å². The predicted octanol–water partition coefficient (Wildman–Crippen LogP) is 6.35. The molecule has 1 N–H and O–H groups in total. The van der Waals surface area contributed by atoms with E-state index in [2.05, 4.69) is 39.5 Å². The Bertz CT molecular complexity index is 820. The van der Waals surface area contributed by atoms with Crippen LogP contribution in [0.3, 0.4) is 0 Å². The lowest BCUT2D eigenvalue weighted by Crippen LogP contribution is -2.19. The molecular formula is C23H32O3S. The van der Waals surface area contributed by atoms with Gasteiger partial charge < -0.3 is 9.84 Å². The van der Waals surface area contributed by atoms with Gasteiger partial charge in [0.1, 0.15) is 11.5 Å². The zero-order valence-electron chi connectivity index (χ0n) is 17.5. The van der Waals surface area contributed by atoms with Gasteiger partial charge in [-0.3, -0.25) is 4.79 Å². The number of hydrogen-bond acceptors (Lipinski definition) is 4. The lowest BCUT2D eigenvalue weighted by molar-refractivity contribution is -0.120. The summed E-state index contributed by atoms with van der Waals surface area (Å²) in [5, 5.41) is 12.6. The number of carbonyl (C=O) groups is 1. The van der Waals surface area contributed by atoms with Gasteiger partial charge in [-0.15, -0.1) is 0 Å². The van der Waals surface area contributed by atoms with Gasteiger partial charge in [-0.25, -0.2) is 0 Å². The maximum Gasteiger partial charge on any atom is 0.298 e. The summed E-state index contributed by atoms with van der Waals surface area (Å²) in [6, 6.07) is 7.43. The highest BCUT2D eigenvalue weighted by Crippen LogP contribution is 2.46. The number of allylic oxidation sites excluding steroid dienone is 1. The molecule has 0 aromatic heterocycles. The molecule has 2 rings (SSSR count). The van der Waals surface area contributed by atoms with Crippen molar-refractivity contribution in [1.82, 2.24) is 0 Å². The molecule has 1 atom stereocenters. The van der Waals surface area contributed by atoms with Crippen LogP contribution >= 0.6 is 12.6 Å². The van der Waals surface area contributed by atoms with E-state index in [9.17, 15) is 9.90 Å². The van der Waals surface area contributed by atoms with Gasteiger partial charge in [0, 0.05) is 21.6 Å². The number of phenols is 1. The quantitative estimate of drug-likeness (QED) is 0.344. The van der Waals surface area contributed by atoms with Crippen molar-refractivity contribution in [3.63, 3.8) is 0 Å². The maximum atomic E-state index is 11.0. The molecule has 0 saturated heterocycles. The Kier molecular flexibility index (Phi) is 8.42. The third-order valence-corrected chi connectivity index (χ3v) is 5.22. The van der Waals surface area contributed by atoms with Crippen LogP contribution in [0.15, 0.2) is 35.9 Å². The van der Waals surface area contributed by atoms with Crippen molar-refractivity contribution in [3.8, 4) is 11.5 Å². The Morgan fingerprint density at radius 2 is 1.81 bits per heavy atom. The summed E-state index contributed by atoms with van der Waals surface area (Å²) in [7, 11) is 0. The van der Waals surface area contributed by atoms with Crippen molar-refractivity contribution in [2.45, 2.75) is 65.6 Å². The summed E-state index contributed by atoms with van der Waals surface area (Å²) >= 11 is 4.47. The van der Waals surface area contributed by atoms with Gasteiger partial charge >= 0.3 is 0 Å². The normalized spacial score (nSPS) is 13.0. The summed E-state index contributed by atoms with van der Waals surface area (Å²) in [5.41, 5.74) is 2.46. The van der Waals surface area contributed by atoms with Gasteiger partial charge in [0.15, 0.2) is 0 Å². The van der Waals surface area contributed by atoms with Crippen molar-refractivity contribution in [2.24, 2.45) is 0 Å². The fourth-order valence-electron chi connectivity index (χ4n) is 3.23. The van der Waals surface area contributed by atoms with Crippen molar-refractivity contribution in [2.75, 3.05) is 0 Å². The summed E-state index contributed by atoms with van der Waals surface area (Å²) in [4.78, 5) is 11.0. The van der Waals surface area contributed by atoms with Crippen LogP contribution in [0, 0.1) is 6.92 Å². The summed E-state index contributed by atoms with van der Waals surface area (Å²) < 4.78 is 5.29. The summed E-state index contributed by atoms with van der Waals surface area (Å²) in [6.07, 6.45) is 2.91. The molecule has 148 valence electrons. The summed E-state index contributed by atoms with van der Waals surface area (Å²) in [5.74, 6) is 0.760. The van der Waals surface area contributed by atoms with Crippen LogP contribution in [0.4, 0.5) is 0 Å². The molecule has 0 amide bonds. The Morgan fingerprint density at radius 3 is 2.33 bits per heavy atom. The third kappa shape index (κ3) is 5.07. The molecule has 0 aliphatic heterocycles. The summed E-state index contributed by atoms with van der Waals surface area (Å²) in [6.45, 7) is 14.6. The Labute approximate surface area is 168 Å². The molecule has 0 saturated carbocycles. The largest absolute Gasteiger partial charge is 0.507 e. The highest BCUT2D eigenvalue weighted by Gasteiger charge is 2.29. The second-order valence-corrected chi connectivity index (χ2v) is 7.92. The predicted molar refractivity (Wildman–Crippen MR) is 118 cm³/mol. The van der Waals surface area contributed by atoms with Gasteiger partial charge in [-0.2, -0.15) is 12.6 Å². The minimum absolute atomic E-state index is 0.191. The standard InChI is InChI=1S/C21H26O3S.C2H6/c1-13(15(3)25)10-11-21(4,5)18-14(2)20(24-12-22)17-9-7-6-8-16(17)19(18)23;1-2/h6-10,12,15,23,25H,11H2,1-5H3;1-2H3/b13-10+;. The second-order valence-electron chi connectivity index (χ2n) is 7.15. The number of phenolic OH excluding ortho intramolecular Hbond substituents is 1. The molecule has 0 aliphatic carbocycles. The van der Waals surface area contributed by atoms with Crippen LogP contribution in [0.1, 0.15) is 59.1 Å². The lowest BCUT2D eigenvalue weighted by atomic mass is 9.77. The number of ether oxygens (including phenoxy) is 1. The van der Waals surface area contributed by atoms with E-state index < -0.39 is 0 Å². The topological polar surface area (TPSA) is 46.5 Å². The highest BCUT2D eigenvalue weighted by atomic mass is 32.1. The number of aromatic hydroxyl groups is 1. The first-order valence-corrected chi connectivity index (χ1v) is 9.92. The van der Waals surface area contributed by atoms with Gasteiger partial charge in [0.2, 0.25) is 0 Å². The van der Waals surface area contributed by atoms with Crippen molar-refractivity contribution < 1.29 is 14.6 Å². The van der Waals surface area contributed by atoms with Crippen LogP contribution in [0.5, 0.6) is 11.5 Å². The molecule has 4 heteroatoms. The van der Waals surface area contributed by atoms with Gasteiger partial charge in [0.25, 0.3) is 6.47 Å². The second kappa shape index (κ2) is 9.84. The lowest BCUT2D eigenvalue weighted by Gasteiger charge is -2.29. The van der Waals surface area contributed by atoms with E-state index in [1.54, 1.807) is 0 Å². The van der Waals surface area contributed by atoms with Crippen LogP contribution in [0.2, 0.25) is 0 Å². The first kappa shape index (κ1) is 23.1.